The summed E-state index contributed by atoms with van der Waals surface area (Å²) in [5.74, 6) is 0.881. The Kier molecular flexibility index (Phi) is 5.91. The molecule has 0 bridgehead atoms. The van der Waals surface area contributed by atoms with Gasteiger partial charge in [0.05, 0.1) is 12.0 Å². The molecule has 1 aliphatic carbocycles. The number of hydrogen-bond donors (Lipinski definition) is 1. The molecular weight excluding hydrogens is 390 g/mol. The molecule has 0 aromatic heterocycles. The van der Waals surface area contributed by atoms with E-state index in [0.717, 1.165) is 27.8 Å². The first-order valence-corrected chi connectivity index (χ1v) is 10.6. The van der Waals surface area contributed by atoms with E-state index in [9.17, 15) is 13.2 Å². The molecule has 0 atom stereocenters. The van der Waals surface area contributed by atoms with Gasteiger partial charge in [0.15, 0.2) is 0 Å². The molecule has 152 valence electrons. The molecular formula is C22H23NO5S. The van der Waals surface area contributed by atoms with Gasteiger partial charge >= 0.3 is 5.97 Å². The molecule has 0 fully saturated rings. The molecule has 2 aromatic carbocycles. The van der Waals surface area contributed by atoms with Crippen molar-refractivity contribution in [3.63, 3.8) is 0 Å². The highest BCUT2D eigenvalue weighted by Crippen LogP contribution is 2.44. The summed E-state index contributed by atoms with van der Waals surface area (Å²) >= 11 is 0. The maximum atomic E-state index is 11.9. The van der Waals surface area contributed by atoms with Crippen LogP contribution in [-0.2, 0) is 19.6 Å². The zero-order chi connectivity index (χ0) is 21.2. The molecule has 29 heavy (non-hydrogen) atoms. The van der Waals surface area contributed by atoms with Crippen LogP contribution in [0.2, 0.25) is 0 Å². The minimum Gasteiger partial charge on any atom is -0.497 e. The highest BCUT2D eigenvalue weighted by Gasteiger charge is 2.27. The number of carbonyl (C=O) groups is 1. The Bertz CT molecular complexity index is 1110. The van der Waals surface area contributed by atoms with Gasteiger partial charge in [-0.2, -0.15) is 0 Å². The summed E-state index contributed by atoms with van der Waals surface area (Å²) < 4.78 is 37.0. The Morgan fingerprint density at radius 1 is 1.10 bits per heavy atom. The number of carbonyl (C=O) groups excluding carboxylic acids is 1. The van der Waals surface area contributed by atoms with E-state index in [4.69, 9.17) is 9.47 Å². The fraction of sp³-hybridized carbons (Fsp3) is 0.227. The summed E-state index contributed by atoms with van der Waals surface area (Å²) in [7, 11) is -0.523. The number of sulfonamides is 1. The lowest BCUT2D eigenvalue weighted by Gasteiger charge is -2.08. The quantitative estimate of drug-likeness (QED) is 0.728. The lowest BCUT2D eigenvalue weighted by Crippen LogP contribution is -2.18. The highest BCUT2D eigenvalue weighted by molar-refractivity contribution is 7.89. The van der Waals surface area contributed by atoms with Crippen molar-refractivity contribution in [3.8, 4) is 5.75 Å². The molecule has 0 aliphatic heterocycles. The van der Waals surface area contributed by atoms with Gasteiger partial charge in [-0.1, -0.05) is 19.1 Å². The normalized spacial score (nSPS) is 14.8. The standard InChI is InChI=1S/C22H23NO5S/c1-5-21(24)28-22-14(2)19(18-11-8-16(27-4)13-20(18)22)12-15-6-9-17(10-7-15)29(25,26)23-3/h6-13,23H,5H2,1-4H3. The zero-order valence-electron chi connectivity index (χ0n) is 16.8. The van der Waals surface area contributed by atoms with E-state index in [2.05, 4.69) is 4.72 Å². The number of methoxy groups -OCH3 is 1. The fourth-order valence-electron chi connectivity index (χ4n) is 3.13. The van der Waals surface area contributed by atoms with Crippen LogP contribution in [0.5, 0.6) is 5.75 Å². The van der Waals surface area contributed by atoms with Crippen LogP contribution >= 0.6 is 0 Å². The van der Waals surface area contributed by atoms with Crippen molar-refractivity contribution < 1.29 is 22.7 Å². The molecule has 0 spiro atoms. The second-order valence-corrected chi connectivity index (χ2v) is 8.41. The predicted octanol–water partition coefficient (Wildman–Crippen LogP) is 3.84. The van der Waals surface area contributed by atoms with E-state index in [1.807, 2.05) is 31.2 Å². The first-order chi connectivity index (χ1) is 13.8. The molecule has 0 radical (unpaired) electrons. The lowest BCUT2D eigenvalue weighted by atomic mass is 10.0. The van der Waals surface area contributed by atoms with Crippen LogP contribution < -0.4 is 9.46 Å². The molecule has 6 nitrogen and oxygen atoms in total. The number of ether oxygens (including phenoxy) is 2. The minimum atomic E-state index is -3.49. The molecule has 3 rings (SSSR count). The minimum absolute atomic E-state index is 0.198. The lowest BCUT2D eigenvalue weighted by molar-refractivity contribution is -0.136. The van der Waals surface area contributed by atoms with Crippen LogP contribution in [0.15, 0.2) is 52.9 Å². The van der Waals surface area contributed by atoms with Gasteiger partial charge in [-0.05, 0) is 67.1 Å². The fourth-order valence-corrected chi connectivity index (χ4v) is 3.86. The molecule has 0 saturated carbocycles. The van der Waals surface area contributed by atoms with Crippen molar-refractivity contribution in [1.82, 2.24) is 4.72 Å². The Hall–Kier alpha value is -2.90. The largest absolute Gasteiger partial charge is 0.497 e. The van der Waals surface area contributed by atoms with Crippen LogP contribution in [-0.4, -0.2) is 28.5 Å². The number of rotatable bonds is 6. The number of allylic oxidation sites excluding steroid dienone is 2. The summed E-state index contributed by atoms with van der Waals surface area (Å²) in [4.78, 5) is 12.1. The summed E-state index contributed by atoms with van der Waals surface area (Å²) in [5, 5.41) is 0. The third-order valence-electron chi connectivity index (χ3n) is 4.78. The zero-order valence-corrected chi connectivity index (χ0v) is 17.6. The van der Waals surface area contributed by atoms with Crippen molar-refractivity contribution in [2.24, 2.45) is 0 Å². The maximum absolute atomic E-state index is 11.9. The summed E-state index contributed by atoms with van der Waals surface area (Å²) in [6.45, 7) is 3.65. The summed E-state index contributed by atoms with van der Waals surface area (Å²) in [6.07, 6.45) is 2.22. The van der Waals surface area contributed by atoms with Crippen molar-refractivity contribution in [3.05, 3.63) is 64.7 Å². The summed E-state index contributed by atoms with van der Waals surface area (Å²) in [6, 6.07) is 12.2. The van der Waals surface area contributed by atoms with Gasteiger partial charge in [0, 0.05) is 17.6 Å². The van der Waals surface area contributed by atoms with E-state index in [-0.39, 0.29) is 17.3 Å². The highest BCUT2D eigenvalue weighted by atomic mass is 32.2. The van der Waals surface area contributed by atoms with Crippen LogP contribution in [0, 0.1) is 0 Å². The van der Waals surface area contributed by atoms with Gasteiger partial charge in [-0.15, -0.1) is 0 Å². The van der Waals surface area contributed by atoms with E-state index >= 15 is 0 Å². The average molecular weight is 413 g/mol. The Balaban J connectivity index is 2.08. The van der Waals surface area contributed by atoms with Crippen molar-refractivity contribution in [2.75, 3.05) is 14.2 Å². The van der Waals surface area contributed by atoms with Gasteiger partial charge in [0.25, 0.3) is 0 Å². The van der Waals surface area contributed by atoms with E-state index in [1.165, 1.54) is 7.05 Å². The second kappa shape index (κ2) is 8.23. The maximum Gasteiger partial charge on any atom is 0.310 e. The first kappa shape index (κ1) is 20.8. The third kappa shape index (κ3) is 4.11. The van der Waals surface area contributed by atoms with Gasteiger partial charge in [0.2, 0.25) is 10.0 Å². The monoisotopic (exact) mass is 413 g/mol. The molecule has 7 heteroatoms. The third-order valence-corrected chi connectivity index (χ3v) is 6.21. The Morgan fingerprint density at radius 3 is 2.38 bits per heavy atom. The number of nitrogens with one attached hydrogen (secondary N) is 1. The van der Waals surface area contributed by atoms with Gasteiger partial charge in [-0.25, -0.2) is 13.1 Å². The van der Waals surface area contributed by atoms with Crippen molar-refractivity contribution in [2.45, 2.75) is 25.2 Å². The number of hydrogen-bond acceptors (Lipinski definition) is 5. The number of fused-ring (bicyclic) bond motifs is 1. The van der Waals surface area contributed by atoms with E-state index in [0.29, 0.717) is 11.5 Å². The molecule has 2 aromatic rings. The number of benzene rings is 2. The van der Waals surface area contributed by atoms with Crippen LogP contribution in [0.1, 0.15) is 37.0 Å². The van der Waals surface area contributed by atoms with Gasteiger partial charge in [-0.3, -0.25) is 4.79 Å². The number of esters is 1. The molecule has 1 N–H and O–H groups in total. The van der Waals surface area contributed by atoms with Gasteiger partial charge in [0.1, 0.15) is 11.5 Å². The van der Waals surface area contributed by atoms with Crippen molar-refractivity contribution in [1.29, 1.82) is 0 Å². The Morgan fingerprint density at radius 2 is 1.79 bits per heavy atom. The summed E-state index contributed by atoms with van der Waals surface area (Å²) in [5.41, 5.74) is 4.30. The van der Waals surface area contributed by atoms with E-state index < -0.39 is 10.0 Å². The molecule has 0 saturated heterocycles. The van der Waals surface area contributed by atoms with Crippen LogP contribution in [0.4, 0.5) is 0 Å². The van der Waals surface area contributed by atoms with Gasteiger partial charge < -0.3 is 9.47 Å². The average Bonchev–Trinajstić information content (AvgIpc) is 2.99. The van der Waals surface area contributed by atoms with Crippen molar-refractivity contribution >= 4 is 33.4 Å². The first-order valence-electron chi connectivity index (χ1n) is 9.16. The SMILES string of the molecule is CCC(=O)OC1=C(C)C(=Cc2ccc(S(=O)(=O)NC)cc2)c2ccc(OC)cc21. The Labute approximate surface area is 170 Å². The smallest absolute Gasteiger partial charge is 0.310 e. The van der Waals surface area contributed by atoms with Crippen LogP contribution in [0.25, 0.3) is 17.4 Å². The molecule has 1 aliphatic rings. The second-order valence-electron chi connectivity index (χ2n) is 6.53. The van der Waals surface area contributed by atoms with Crippen LogP contribution in [0.3, 0.4) is 0 Å². The predicted molar refractivity (Wildman–Crippen MR) is 113 cm³/mol. The molecule has 0 unspecified atom stereocenters. The molecule has 0 amide bonds. The topological polar surface area (TPSA) is 81.7 Å². The van der Waals surface area contributed by atoms with E-state index in [1.54, 1.807) is 38.3 Å². The molecule has 0 heterocycles.